The van der Waals surface area contributed by atoms with Crippen molar-refractivity contribution >= 4 is 5.91 Å². The van der Waals surface area contributed by atoms with Gasteiger partial charge in [0.25, 0.3) is 5.91 Å². The van der Waals surface area contributed by atoms with Crippen LogP contribution >= 0.6 is 0 Å². The van der Waals surface area contributed by atoms with Crippen LogP contribution in [0.15, 0.2) is 24.3 Å². The van der Waals surface area contributed by atoms with Crippen LogP contribution in [-0.2, 0) is 4.74 Å². The van der Waals surface area contributed by atoms with Gasteiger partial charge >= 0.3 is 0 Å². The Morgan fingerprint density at radius 1 is 1.56 bits per heavy atom. The van der Waals surface area contributed by atoms with Gasteiger partial charge in [0.2, 0.25) is 0 Å². The first kappa shape index (κ1) is 13.0. The van der Waals surface area contributed by atoms with E-state index in [1.807, 2.05) is 6.92 Å². The molecule has 0 heterocycles. The van der Waals surface area contributed by atoms with Crippen LogP contribution < -0.4 is 11.1 Å². The van der Waals surface area contributed by atoms with Gasteiger partial charge in [-0.3, -0.25) is 4.79 Å². The van der Waals surface area contributed by atoms with Crippen LogP contribution in [0.25, 0.3) is 0 Å². The molecular formula is C13H17FN2O2. The number of benzene rings is 1. The zero-order valence-corrected chi connectivity index (χ0v) is 10.2. The van der Waals surface area contributed by atoms with Gasteiger partial charge in [-0.2, -0.15) is 0 Å². The monoisotopic (exact) mass is 252 g/mol. The van der Waals surface area contributed by atoms with Crippen molar-refractivity contribution in [3.63, 3.8) is 0 Å². The van der Waals surface area contributed by atoms with Gasteiger partial charge in [-0.15, -0.1) is 0 Å². The molecule has 1 aromatic carbocycles. The van der Waals surface area contributed by atoms with Crippen LogP contribution in [0.3, 0.4) is 0 Å². The zero-order valence-electron chi connectivity index (χ0n) is 10.2. The van der Waals surface area contributed by atoms with Gasteiger partial charge in [0.15, 0.2) is 0 Å². The molecule has 0 aliphatic heterocycles. The number of carbonyl (C=O) groups is 1. The first-order valence-electron chi connectivity index (χ1n) is 6.06. The summed E-state index contributed by atoms with van der Waals surface area (Å²) in [5, 5.41) is 2.73. The smallest absolute Gasteiger partial charge is 0.254 e. The molecule has 1 fully saturated rings. The number of hydrogen-bond acceptors (Lipinski definition) is 3. The lowest BCUT2D eigenvalue weighted by atomic mass is 9.83. The number of nitrogens with one attached hydrogen (secondary N) is 1. The molecule has 1 aromatic rings. The van der Waals surface area contributed by atoms with E-state index in [2.05, 4.69) is 5.32 Å². The molecule has 5 heteroatoms. The van der Waals surface area contributed by atoms with Crippen molar-refractivity contribution in [3.8, 4) is 0 Å². The lowest BCUT2D eigenvalue weighted by Gasteiger charge is -2.42. The Morgan fingerprint density at radius 2 is 2.28 bits per heavy atom. The van der Waals surface area contributed by atoms with Crippen molar-refractivity contribution in [3.05, 3.63) is 35.6 Å². The summed E-state index contributed by atoms with van der Waals surface area (Å²) in [6.07, 6.45) is 0.650. The van der Waals surface area contributed by atoms with Crippen LogP contribution in [0.2, 0.25) is 0 Å². The summed E-state index contributed by atoms with van der Waals surface area (Å²) < 4.78 is 18.9. The fourth-order valence-corrected chi connectivity index (χ4v) is 2.10. The molecule has 1 amide bonds. The second-order valence-electron chi connectivity index (χ2n) is 4.37. The summed E-state index contributed by atoms with van der Waals surface area (Å²) in [7, 11) is 0. The summed E-state index contributed by atoms with van der Waals surface area (Å²) in [6.45, 7) is 2.46. The second-order valence-corrected chi connectivity index (χ2v) is 4.37. The lowest BCUT2D eigenvalue weighted by molar-refractivity contribution is -0.0300. The summed E-state index contributed by atoms with van der Waals surface area (Å²) in [5.41, 5.74) is 5.85. The molecule has 98 valence electrons. The highest BCUT2D eigenvalue weighted by molar-refractivity contribution is 5.94. The van der Waals surface area contributed by atoms with Crippen molar-refractivity contribution < 1.29 is 13.9 Å². The van der Waals surface area contributed by atoms with Crippen LogP contribution in [0, 0.1) is 5.82 Å². The minimum atomic E-state index is -0.532. The highest BCUT2D eigenvalue weighted by atomic mass is 19.1. The molecule has 3 N–H and O–H groups in total. The molecule has 0 saturated heterocycles. The Kier molecular flexibility index (Phi) is 3.93. The van der Waals surface area contributed by atoms with E-state index in [1.54, 1.807) is 12.1 Å². The fraction of sp³-hybridized carbons (Fsp3) is 0.462. The van der Waals surface area contributed by atoms with Crippen LogP contribution in [0.4, 0.5) is 4.39 Å². The molecule has 0 bridgehead atoms. The minimum absolute atomic E-state index is 0.0341. The predicted molar refractivity (Wildman–Crippen MR) is 65.7 cm³/mol. The number of halogens is 1. The summed E-state index contributed by atoms with van der Waals surface area (Å²) in [4.78, 5) is 11.9. The van der Waals surface area contributed by atoms with E-state index in [0.29, 0.717) is 6.61 Å². The summed E-state index contributed by atoms with van der Waals surface area (Å²) in [5.74, 6) is -0.978. The number of ether oxygens (including phenoxy) is 1. The maximum atomic E-state index is 13.4. The van der Waals surface area contributed by atoms with E-state index >= 15 is 0 Å². The van der Waals surface area contributed by atoms with Gasteiger partial charge in [-0.25, -0.2) is 4.39 Å². The second kappa shape index (κ2) is 5.46. The van der Waals surface area contributed by atoms with E-state index in [-0.39, 0.29) is 23.8 Å². The topological polar surface area (TPSA) is 64.3 Å². The summed E-state index contributed by atoms with van der Waals surface area (Å²) >= 11 is 0. The molecule has 18 heavy (non-hydrogen) atoms. The molecule has 4 nitrogen and oxygen atoms in total. The molecule has 1 saturated carbocycles. The van der Waals surface area contributed by atoms with E-state index in [1.165, 1.54) is 12.1 Å². The number of amides is 1. The molecule has 3 atom stereocenters. The molecule has 2 rings (SSSR count). The molecule has 3 unspecified atom stereocenters. The third-order valence-corrected chi connectivity index (χ3v) is 3.16. The standard InChI is InChI=1S/C13H17FN2O2/c1-2-18-11-7-10(15)12(11)16-13(17)8-5-3-4-6-9(8)14/h3-6,10-12H,2,7,15H2,1H3,(H,16,17). The van der Waals surface area contributed by atoms with Crippen LogP contribution in [-0.4, -0.2) is 30.7 Å². The zero-order chi connectivity index (χ0) is 13.1. The lowest BCUT2D eigenvalue weighted by Crippen LogP contribution is -2.64. The molecule has 1 aliphatic rings. The fourth-order valence-electron chi connectivity index (χ4n) is 2.10. The van der Waals surface area contributed by atoms with Gasteiger partial charge < -0.3 is 15.8 Å². The number of hydrogen-bond donors (Lipinski definition) is 2. The van der Waals surface area contributed by atoms with Crippen molar-refractivity contribution in [1.82, 2.24) is 5.32 Å². The highest BCUT2D eigenvalue weighted by Crippen LogP contribution is 2.23. The average molecular weight is 252 g/mol. The number of rotatable bonds is 4. The maximum absolute atomic E-state index is 13.4. The van der Waals surface area contributed by atoms with Gasteiger partial charge in [0, 0.05) is 12.6 Å². The first-order chi connectivity index (χ1) is 8.63. The normalized spacial score (nSPS) is 26.5. The minimum Gasteiger partial charge on any atom is -0.376 e. The first-order valence-corrected chi connectivity index (χ1v) is 6.06. The molecular weight excluding hydrogens is 235 g/mol. The SMILES string of the molecule is CCOC1CC(N)C1NC(=O)c1ccccc1F. The number of nitrogens with two attached hydrogens (primary N) is 1. The number of carbonyl (C=O) groups excluding carboxylic acids is 1. The largest absolute Gasteiger partial charge is 0.376 e. The van der Waals surface area contributed by atoms with Gasteiger partial charge in [-0.1, -0.05) is 12.1 Å². The van der Waals surface area contributed by atoms with Gasteiger partial charge in [0.05, 0.1) is 17.7 Å². The Bertz CT molecular complexity index is 437. The quantitative estimate of drug-likeness (QED) is 0.842. The third-order valence-electron chi connectivity index (χ3n) is 3.16. The Morgan fingerprint density at radius 3 is 2.89 bits per heavy atom. The Labute approximate surface area is 105 Å². The van der Waals surface area contributed by atoms with E-state index in [4.69, 9.17) is 10.5 Å². The Balaban J connectivity index is 2.01. The van der Waals surface area contributed by atoms with Crippen molar-refractivity contribution in [2.24, 2.45) is 5.73 Å². The van der Waals surface area contributed by atoms with E-state index in [0.717, 1.165) is 6.42 Å². The molecule has 0 radical (unpaired) electrons. The van der Waals surface area contributed by atoms with Crippen molar-refractivity contribution in [2.45, 2.75) is 31.5 Å². The third kappa shape index (κ3) is 2.52. The van der Waals surface area contributed by atoms with Crippen molar-refractivity contribution in [1.29, 1.82) is 0 Å². The highest BCUT2D eigenvalue weighted by Gasteiger charge is 2.40. The van der Waals surface area contributed by atoms with E-state index < -0.39 is 11.7 Å². The predicted octanol–water partition coefficient (Wildman–Crippen LogP) is 1.06. The van der Waals surface area contributed by atoms with Crippen molar-refractivity contribution in [2.75, 3.05) is 6.61 Å². The van der Waals surface area contributed by atoms with Crippen LogP contribution in [0.5, 0.6) is 0 Å². The van der Waals surface area contributed by atoms with Crippen LogP contribution in [0.1, 0.15) is 23.7 Å². The summed E-state index contributed by atoms with van der Waals surface area (Å²) in [6, 6.07) is 5.51. The maximum Gasteiger partial charge on any atom is 0.254 e. The molecule has 0 aromatic heterocycles. The Hall–Kier alpha value is -1.46. The van der Waals surface area contributed by atoms with Gasteiger partial charge in [-0.05, 0) is 25.5 Å². The molecule has 0 spiro atoms. The van der Waals surface area contributed by atoms with Gasteiger partial charge in [0.1, 0.15) is 5.82 Å². The molecule has 1 aliphatic carbocycles. The average Bonchev–Trinajstić information content (AvgIpc) is 2.36. The van der Waals surface area contributed by atoms with E-state index in [9.17, 15) is 9.18 Å².